The number of quaternary nitrogens is 1. The Morgan fingerprint density at radius 3 is 1.82 bits per heavy atom. The summed E-state index contributed by atoms with van der Waals surface area (Å²) in [6, 6.07) is 30.8. The average molecular weight is 509 g/mol. The molecule has 3 aromatic carbocycles. The van der Waals surface area contributed by atoms with Crippen LogP contribution in [0.2, 0.25) is 0 Å². The predicted octanol–water partition coefficient (Wildman–Crippen LogP) is 2.40. The fraction of sp³-hybridized carbons (Fsp3) is 0.379. The Morgan fingerprint density at radius 2 is 1.27 bits per heavy atom. The Kier molecular flexibility index (Phi) is 7.28. The van der Waals surface area contributed by atoms with Crippen molar-refractivity contribution in [3.63, 3.8) is 0 Å². The fourth-order valence-corrected chi connectivity index (χ4v) is 6.27. The van der Waals surface area contributed by atoms with Gasteiger partial charge in [-0.1, -0.05) is 78.9 Å². The maximum absolute atomic E-state index is 12.5. The van der Waals surface area contributed by atoms with E-state index in [1.54, 1.807) is 0 Å². The van der Waals surface area contributed by atoms with Crippen LogP contribution in [0.5, 0.6) is 5.75 Å². The van der Waals surface area contributed by atoms with Gasteiger partial charge in [0.25, 0.3) is 0 Å². The van der Waals surface area contributed by atoms with Crippen molar-refractivity contribution in [2.75, 3.05) is 32.8 Å². The summed E-state index contributed by atoms with van der Waals surface area (Å²) in [7, 11) is 0. The number of rotatable bonds is 9. The highest BCUT2D eigenvalue weighted by molar-refractivity contribution is 5.40. The summed E-state index contributed by atoms with van der Waals surface area (Å²) in [6.07, 6.45) is 4.39. The average Bonchev–Trinajstić information content (AvgIpc) is 3.43. The quantitative estimate of drug-likeness (QED) is 0.356. The molecule has 2 aliphatic heterocycles. The SMILES string of the molecule is OC(c1ccccc1)(c1ccccc1)C12CC[N+](CCCCOc3ccccc3)(CC1)C2.[Br-]. The summed E-state index contributed by atoms with van der Waals surface area (Å²) in [5.74, 6) is 0.955. The van der Waals surface area contributed by atoms with E-state index in [4.69, 9.17) is 4.74 Å². The molecule has 4 heteroatoms. The number of hydrogen-bond acceptors (Lipinski definition) is 2. The molecule has 0 atom stereocenters. The molecule has 0 amide bonds. The number of aliphatic hydroxyl groups is 1. The van der Waals surface area contributed by atoms with Crippen LogP contribution in [0.25, 0.3) is 0 Å². The second kappa shape index (κ2) is 10.0. The van der Waals surface area contributed by atoms with Gasteiger partial charge in [0.15, 0.2) is 0 Å². The lowest BCUT2D eigenvalue weighted by atomic mass is 9.63. The molecule has 0 aromatic heterocycles. The molecule has 2 aliphatic rings. The molecule has 0 spiro atoms. The lowest BCUT2D eigenvalue weighted by Gasteiger charge is -2.42. The molecule has 2 bridgehead atoms. The Hall–Kier alpha value is -2.14. The van der Waals surface area contributed by atoms with E-state index in [9.17, 15) is 5.11 Å². The number of unbranched alkanes of at least 4 members (excludes halogenated alkanes) is 1. The number of halogens is 1. The van der Waals surface area contributed by atoms with E-state index < -0.39 is 5.60 Å². The standard InChI is InChI=1S/C29H34NO2.BrH/c31-29(25-12-4-1-5-13-25,26-14-6-2-7-15-26)28-18-21-30(24-28,22-19-28)20-10-11-23-32-27-16-8-3-9-17-27;/h1-9,12-17,31H,10-11,18-24H2;1H/q+1;/p-1. The van der Waals surface area contributed by atoms with Crippen LogP contribution in [-0.4, -0.2) is 42.4 Å². The smallest absolute Gasteiger partial charge is 0.126 e. The van der Waals surface area contributed by atoms with Crippen LogP contribution >= 0.6 is 0 Å². The summed E-state index contributed by atoms with van der Waals surface area (Å²) in [4.78, 5) is 0. The topological polar surface area (TPSA) is 29.5 Å². The predicted molar refractivity (Wildman–Crippen MR) is 128 cm³/mol. The minimum absolute atomic E-state index is 0. The number of fused-ring (bicyclic) bond motifs is 2. The molecule has 3 nitrogen and oxygen atoms in total. The zero-order chi connectivity index (χ0) is 21.9. The van der Waals surface area contributed by atoms with Crippen molar-refractivity contribution < 1.29 is 31.3 Å². The first kappa shape index (κ1) is 24.0. The maximum atomic E-state index is 12.5. The largest absolute Gasteiger partial charge is 1.00 e. The molecule has 0 unspecified atom stereocenters. The summed E-state index contributed by atoms with van der Waals surface area (Å²) in [5, 5.41) is 12.5. The van der Waals surface area contributed by atoms with Gasteiger partial charge >= 0.3 is 0 Å². The van der Waals surface area contributed by atoms with Gasteiger partial charge in [0.1, 0.15) is 11.4 Å². The van der Waals surface area contributed by atoms with Crippen molar-refractivity contribution in [3.8, 4) is 5.75 Å². The van der Waals surface area contributed by atoms with Crippen LogP contribution in [0, 0.1) is 5.41 Å². The van der Waals surface area contributed by atoms with Crippen LogP contribution in [0.1, 0.15) is 36.8 Å². The van der Waals surface area contributed by atoms with Crippen LogP contribution in [0.15, 0.2) is 91.0 Å². The van der Waals surface area contributed by atoms with Gasteiger partial charge in [-0.2, -0.15) is 0 Å². The van der Waals surface area contributed by atoms with Crippen molar-refractivity contribution in [3.05, 3.63) is 102 Å². The summed E-state index contributed by atoms with van der Waals surface area (Å²) >= 11 is 0. The monoisotopic (exact) mass is 507 g/mol. The lowest BCUT2D eigenvalue weighted by Crippen LogP contribution is -3.00. The van der Waals surface area contributed by atoms with Gasteiger partial charge in [-0.25, -0.2) is 0 Å². The highest BCUT2D eigenvalue weighted by Gasteiger charge is 2.65. The number of ether oxygens (including phenoxy) is 1. The van der Waals surface area contributed by atoms with Crippen LogP contribution in [-0.2, 0) is 5.60 Å². The minimum atomic E-state index is -0.942. The third-order valence-electron chi connectivity index (χ3n) is 7.96. The maximum Gasteiger partial charge on any atom is 0.126 e. The van der Waals surface area contributed by atoms with E-state index in [0.29, 0.717) is 0 Å². The fourth-order valence-electron chi connectivity index (χ4n) is 6.27. The number of hydrogen-bond donors (Lipinski definition) is 1. The molecule has 2 heterocycles. The van der Waals surface area contributed by atoms with Crippen LogP contribution in [0.3, 0.4) is 0 Å². The highest BCUT2D eigenvalue weighted by atomic mass is 79.9. The summed E-state index contributed by atoms with van der Waals surface area (Å²) in [6.45, 7) is 5.35. The van der Waals surface area contributed by atoms with E-state index in [1.165, 1.54) is 19.6 Å². The second-order valence-electron chi connectivity index (χ2n) is 9.76. The van der Waals surface area contributed by atoms with Gasteiger partial charge in [-0.15, -0.1) is 0 Å². The second-order valence-corrected chi connectivity index (χ2v) is 9.76. The van der Waals surface area contributed by atoms with Crippen LogP contribution < -0.4 is 21.7 Å². The highest BCUT2D eigenvalue weighted by Crippen LogP contribution is 2.58. The molecule has 0 aliphatic carbocycles. The number of nitrogens with zero attached hydrogens (tertiary/aromatic N) is 1. The third kappa shape index (κ3) is 4.49. The van der Waals surface area contributed by atoms with Crippen molar-refractivity contribution in [2.45, 2.75) is 31.3 Å². The zero-order valence-electron chi connectivity index (χ0n) is 19.2. The Bertz CT molecular complexity index is 962. The van der Waals surface area contributed by atoms with Gasteiger partial charge in [-0.3, -0.25) is 0 Å². The van der Waals surface area contributed by atoms with Gasteiger partial charge in [0, 0.05) is 12.8 Å². The molecule has 2 saturated heterocycles. The Labute approximate surface area is 208 Å². The molecule has 1 N–H and O–H groups in total. The summed E-state index contributed by atoms with van der Waals surface area (Å²) < 4.78 is 7.04. The minimum Gasteiger partial charge on any atom is -1.00 e. The molecular weight excluding hydrogens is 474 g/mol. The molecule has 3 aromatic rings. The van der Waals surface area contributed by atoms with Gasteiger partial charge in [-0.05, 0) is 36.1 Å². The molecule has 33 heavy (non-hydrogen) atoms. The molecule has 2 fully saturated rings. The van der Waals surface area contributed by atoms with E-state index in [-0.39, 0.29) is 22.4 Å². The normalized spacial score (nSPS) is 23.8. The first-order valence-corrected chi connectivity index (χ1v) is 12.0. The number of para-hydroxylation sites is 1. The molecule has 174 valence electrons. The van der Waals surface area contributed by atoms with E-state index >= 15 is 0 Å². The van der Waals surface area contributed by atoms with E-state index in [1.807, 2.05) is 42.5 Å². The van der Waals surface area contributed by atoms with Gasteiger partial charge < -0.3 is 31.3 Å². The Morgan fingerprint density at radius 1 is 0.758 bits per heavy atom. The number of piperidine rings is 1. The lowest BCUT2D eigenvalue weighted by molar-refractivity contribution is -0.909. The van der Waals surface area contributed by atoms with Crippen molar-refractivity contribution >= 4 is 0 Å². The van der Waals surface area contributed by atoms with E-state index in [2.05, 4.69) is 48.5 Å². The zero-order valence-corrected chi connectivity index (χ0v) is 20.8. The Balaban J connectivity index is 0.00000259. The van der Waals surface area contributed by atoms with Crippen molar-refractivity contribution in [1.29, 1.82) is 0 Å². The van der Waals surface area contributed by atoms with Crippen molar-refractivity contribution in [2.24, 2.45) is 5.41 Å². The number of benzene rings is 3. The molecule has 0 saturated carbocycles. The van der Waals surface area contributed by atoms with Gasteiger partial charge in [0.2, 0.25) is 0 Å². The first-order valence-electron chi connectivity index (χ1n) is 12.0. The molecule has 5 rings (SSSR count). The van der Waals surface area contributed by atoms with Gasteiger partial charge in [0.05, 0.1) is 38.2 Å². The van der Waals surface area contributed by atoms with Crippen molar-refractivity contribution in [1.82, 2.24) is 0 Å². The first-order chi connectivity index (χ1) is 15.7. The molecule has 0 radical (unpaired) electrons. The molecular formula is C29H34BrNO2. The third-order valence-corrected chi connectivity index (χ3v) is 7.96. The summed E-state index contributed by atoms with van der Waals surface area (Å²) in [5.41, 5.74) is 1.02. The van der Waals surface area contributed by atoms with E-state index in [0.717, 1.165) is 60.2 Å². The van der Waals surface area contributed by atoms with Crippen LogP contribution in [0.4, 0.5) is 0 Å².